The van der Waals surface area contributed by atoms with Gasteiger partial charge < -0.3 is 33.6 Å². The quantitative estimate of drug-likeness (QED) is 0.145. The average molecular weight is 454 g/mol. The highest BCUT2D eigenvalue weighted by Crippen LogP contribution is 2.28. The molecule has 1 rings (SSSR count). The minimum Gasteiger partial charge on any atom is -0.394 e. The molecule has 0 bridgehead atoms. The molecular weight excluding hydrogens is 423 g/mol. The smallest absolute Gasteiger partial charge is 0.267 e. The Labute approximate surface area is 185 Å². The van der Waals surface area contributed by atoms with Crippen molar-refractivity contribution in [2.24, 2.45) is 27.9 Å². The van der Waals surface area contributed by atoms with Gasteiger partial charge in [0.25, 0.3) is 12.3 Å². The molecule has 0 aliphatic heterocycles. The molecule has 11 heteroatoms. The Morgan fingerprint density at radius 3 is 2.28 bits per heavy atom. The number of nitrogens with two attached hydrogens (primary N) is 4. The van der Waals surface area contributed by atoms with E-state index in [0.717, 1.165) is 6.07 Å². The topological polar surface area (TPSA) is 158 Å². The van der Waals surface area contributed by atoms with Gasteiger partial charge in [-0.2, -0.15) is 0 Å². The number of amidine groups is 1. The largest absolute Gasteiger partial charge is 0.394 e. The van der Waals surface area contributed by atoms with Gasteiger partial charge in [0.2, 0.25) is 0 Å². The van der Waals surface area contributed by atoms with Crippen LogP contribution in [0.2, 0.25) is 0 Å². The summed E-state index contributed by atoms with van der Waals surface area (Å²) in [7, 11) is 1.37. The van der Waals surface area contributed by atoms with Gasteiger partial charge in [-0.15, -0.1) is 0 Å². The van der Waals surface area contributed by atoms with Gasteiger partial charge in [0, 0.05) is 29.9 Å². The van der Waals surface area contributed by atoms with Gasteiger partial charge in [-0.3, -0.25) is 9.79 Å². The van der Waals surface area contributed by atoms with Gasteiger partial charge in [0.05, 0.1) is 11.6 Å². The van der Waals surface area contributed by atoms with E-state index in [2.05, 4.69) is 15.6 Å². The second kappa shape index (κ2) is 11.8. The Morgan fingerprint density at radius 2 is 1.75 bits per heavy atom. The summed E-state index contributed by atoms with van der Waals surface area (Å²) in [6, 6.07) is 2.43. The molecule has 1 aromatic carbocycles. The lowest BCUT2D eigenvalue weighted by molar-refractivity contribution is -0.117. The zero-order chi connectivity index (χ0) is 24.6. The molecule has 0 aliphatic carbocycles. The van der Waals surface area contributed by atoms with Gasteiger partial charge >= 0.3 is 0 Å². The van der Waals surface area contributed by atoms with E-state index in [1.165, 1.54) is 32.2 Å². The second-order valence-corrected chi connectivity index (χ2v) is 7.08. The van der Waals surface area contributed by atoms with Crippen LogP contribution in [0.5, 0.6) is 0 Å². The number of nitrogens with zero attached hydrogens (tertiary/aromatic N) is 1. The van der Waals surface area contributed by atoms with E-state index in [1.54, 1.807) is 19.9 Å². The number of halogens is 3. The maximum absolute atomic E-state index is 14.5. The molecule has 2 atom stereocenters. The van der Waals surface area contributed by atoms with Crippen molar-refractivity contribution in [3.05, 3.63) is 70.1 Å². The number of nitrogens with one attached hydrogen (secondary N) is 2. The van der Waals surface area contributed by atoms with Crippen molar-refractivity contribution in [1.82, 2.24) is 10.6 Å². The molecule has 0 fully saturated rings. The normalized spacial score (nSPS) is 15.8. The van der Waals surface area contributed by atoms with E-state index in [-0.39, 0.29) is 34.5 Å². The van der Waals surface area contributed by atoms with Crippen molar-refractivity contribution in [2.75, 3.05) is 7.05 Å². The van der Waals surface area contributed by atoms with Gasteiger partial charge in [-0.1, -0.05) is 18.2 Å². The number of amides is 1. The summed E-state index contributed by atoms with van der Waals surface area (Å²) in [5.74, 6) is -1.88. The first-order valence-corrected chi connectivity index (χ1v) is 9.69. The number of carbonyl (C=O) groups excluding carboxylic acids is 1. The maximum Gasteiger partial charge on any atom is 0.267 e. The highest BCUT2D eigenvalue weighted by molar-refractivity contribution is 6.07. The zero-order valence-electron chi connectivity index (χ0n) is 18.4. The number of likely N-dealkylation sites (N-methyl/N-ethyl adjacent to an activating group) is 1. The molecule has 10 N–H and O–H groups in total. The van der Waals surface area contributed by atoms with Crippen molar-refractivity contribution in [1.29, 1.82) is 0 Å². The lowest BCUT2D eigenvalue weighted by Gasteiger charge is -2.15. The average Bonchev–Trinajstić information content (AvgIpc) is 2.69. The molecule has 1 amide bonds. The van der Waals surface area contributed by atoms with Crippen molar-refractivity contribution in [3.63, 3.8) is 0 Å². The first-order valence-electron chi connectivity index (χ1n) is 9.69. The van der Waals surface area contributed by atoms with Crippen LogP contribution in [0, 0.1) is 5.82 Å². The predicted octanol–water partition coefficient (Wildman–Crippen LogP) is 1.78. The lowest BCUT2D eigenvalue weighted by Crippen LogP contribution is -2.31. The van der Waals surface area contributed by atoms with Crippen LogP contribution < -0.4 is 33.6 Å². The SMILES string of the molecule is CNC(=O)/C(N)=C(/C=C(\N)N/C(C)=C\C(C)N)C(N)=N[C@H](C)c1cccc(C(F)F)c1F. The second-order valence-electron chi connectivity index (χ2n) is 7.08. The molecule has 0 aromatic heterocycles. The summed E-state index contributed by atoms with van der Waals surface area (Å²) in [5.41, 5.74) is 23.1. The van der Waals surface area contributed by atoms with Crippen molar-refractivity contribution >= 4 is 11.7 Å². The van der Waals surface area contributed by atoms with E-state index in [9.17, 15) is 18.0 Å². The van der Waals surface area contributed by atoms with Crippen LogP contribution in [0.1, 0.15) is 44.4 Å². The number of aliphatic imine (C=N–C) groups is 1. The number of hydrogen-bond donors (Lipinski definition) is 6. The van der Waals surface area contributed by atoms with Crippen LogP contribution in [-0.4, -0.2) is 24.8 Å². The number of rotatable bonds is 9. The van der Waals surface area contributed by atoms with Gasteiger partial charge in [-0.25, -0.2) is 13.2 Å². The first kappa shape index (κ1) is 26.6. The van der Waals surface area contributed by atoms with Crippen LogP contribution in [-0.2, 0) is 4.79 Å². The van der Waals surface area contributed by atoms with Gasteiger partial charge in [0.15, 0.2) is 0 Å². The van der Waals surface area contributed by atoms with Crippen LogP contribution in [0.15, 0.2) is 58.1 Å². The summed E-state index contributed by atoms with van der Waals surface area (Å²) in [6.07, 6.45) is 0.0228. The fourth-order valence-electron chi connectivity index (χ4n) is 2.81. The molecule has 0 heterocycles. The Bertz CT molecular complexity index is 953. The van der Waals surface area contributed by atoms with Crippen molar-refractivity contribution in [2.45, 2.75) is 39.3 Å². The number of carbonyl (C=O) groups is 1. The molecule has 0 spiro atoms. The lowest BCUT2D eigenvalue weighted by atomic mass is 10.0. The molecule has 8 nitrogen and oxygen atoms in total. The standard InChI is InChI=1S/C21H30F3N7O/c1-10(25)8-11(2)30-16(26)9-15(18(27)21(32)29-4)20(28)31-12(3)13-6-5-7-14(17(13)22)19(23)24/h5-10,12,19,30H,25-27H2,1-4H3,(H2,28,31)(H,29,32)/b11-8-,16-9+,18-15+/t10?,12-/m1/s1. The molecule has 32 heavy (non-hydrogen) atoms. The summed E-state index contributed by atoms with van der Waals surface area (Å²) >= 11 is 0. The summed E-state index contributed by atoms with van der Waals surface area (Å²) in [5, 5.41) is 5.23. The molecule has 176 valence electrons. The Balaban J connectivity index is 3.43. The summed E-state index contributed by atoms with van der Waals surface area (Å²) in [6.45, 7) is 4.97. The number of hydrogen-bond acceptors (Lipinski definition) is 6. The van der Waals surface area contributed by atoms with Crippen molar-refractivity contribution in [3.8, 4) is 0 Å². The highest BCUT2D eigenvalue weighted by atomic mass is 19.3. The van der Waals surface area contributed by atoms with Crippen LogP contribution in [0.3, 0.4) is 0 Å². The maximum atomic E-state index is 14.5. The molecule has 0 saturated carbocycles. The molecular formula is C21H30F3N7O. The molecule has 0 saturated heterocycles. The molecule has 0 aliphatic rings. The molecule has 0 radical (unpaired) electrons. The highest BCUT2D eigenvalue weighted by Gasteiger charge is 2.20. The third-order valence-corrected chi connectivity index (χ3v) is 4.27. The van der Waals surface area contributed by atoms with Crippen LogP contribution >= 0.6 is 0 Å². The zero-order valence-corrected chi connectivity index (χ0v) is 18.4. The fourth-order valence-corrected chi connectivity index (χ4v) is 2.81. The minimum absolute atomic E-state index is 0.0276. The predicted molar refractivity (Wildman–Crippen MR) is 119 cm³/mol. The Hall–Kier alpha value is -3.47. The van der Waals surface area contributed by atoms with Crippen molar-refractivity contribution < 1.29 is 18.0 Å². The third-order valence-electron chi connectivity index (χ3n) is 4.27. The molecule has 1 unspecified atom stereocenters. The molecule has 1 aromatic rings. The summed E-state index contributed by atoms with van der Waals surface area (Å²) in [4.78, 5) is 16.2. The Kier molecular flexibility index (Phi) is 9.79. The number of benzene rings is 1. The van der Waals surface area contributed by atoms with Crippen LogP contribution in [0.4, 0.5) is 13.2 Å². The first-order chi connectivity index (χ1) is 14.9. The van der Waals surface area contributed by atoms with Gasteiger partial charge in [-0.05, 0) is 32.9 Å². The summed E-state index contributed by atoms with van der Waals surface area (Å²) < 4.78 is 40.5. The van der Waals surface area contributed by atoms with E-state index < -0.39 is 29.8 Å². The van der Waals surface area contributed by atoms with E-state index >= 15 is 0 Å². The minimum atomic E-state index is -2.98. The van der Waals surface area contributed by atoms with Crippen LogP contribution in [0.25, 0.3) is 0 Å². The Morgan fingerprint density at radius 1 is 1.16 bits per heavy atom. The third kappa shape index (κ3) is 7.34. The monoisotopic (exact) mass is 453 g/mol. The van der Waals surface area contributed by atoms with Gasteiger partial charge in [0.1, 0.15) is 23.2 Å². The van der Waals surface area contributed by atoms with E-state index in [4.69, 9.17) is 22.9 Å². The fraction of sp³-hybridized carbons (Fsp3) is 0.333. The van der Waals surface area contributed by atoms with E-state index in [0.29, 0.717) is 5.70 Å². The van der Waals surface area contributed by atoms with E-state index in [1.807, 2.05) is 0 Å². The number of allylic oxidation sites excluding steroid dienone is 1. The number of alkyl halides is 2.